The normalized spacial score (nSPS) is 21.1. The van der Waals surface area contributed by atoms with E-state index in [-0.39, 0.29) is 0 Å². The molecule has 0 saturated carbocycles. The Morgan fingerprint density at radius 3 is 2.47 bits per heavy atom. The molecule has 1 aromatic rings. The molecule has 0 amide bonds. The first kappa shape index (κ1) is 12.4. The van der Waals surface area contributed by atoms with E-state index in [9.17, 15) is 5.11 Å². The van der Waals surface area contributed by atoms with Gasteiger partial charge in [-0.3, -0.25) is 0 Å². The second-order valence-corrected chi connectivity index (χ2v) is 4.38. The highest BCUT2D eigenvalue weighted by atomic mass is 16.6. The second kappa shape index (κ2) is 5.08. The van der Waals surface area contributed by atoms with E-state index in [1.807, 2.05) is 6.92 Å². The number of aliphatic hydroxyl groups excluding tert-OH is 1. The maximum Gasteiger partial charge on any atom is 0.164 e. The Hall–Kier alpha value is -1.04. The average Bonchev–Trinajstić information content (AvgIpc) is 2.39. The van der Waals surface area contributed by atoms with Crippen molar-refractivity contribution >= 4 is 0 Å². The van der Waals surface area contributed by atoms with Gasteiger partial charge in [-0.1, -0.05) is 0 Å². The van der Waals surface area contributed by atoms with E-state index in [0.717, 1.165) is 11.4 Å². The van der Waals surface area contributed by atoms with Crippen molar-refractivity contribution in [2.75, 3.05) is 20.3 Å². The number of aliphatic hydroxyl groups is 1. The number of aromatic nitrogens is 2. The maximum absolute atomic E-state index is 10.1. The molecule has 17 heavy (non-hydrogen) atoms. The summed E-state index contributed by atoms with van der Waals surface area (Å²) in [5.41, 5.74) is 0.474. The van der Waals surface area contributed by atoms with Crippen molar-refractivity contribution in [3.8, 4) is 0 Å². The van der Waals surface area contributed by atoms with Crippen molar-refractivity contribution < 1.29 is 14.6 Å². The second-order valence-electron chi connectivity index (χ2n) is 4.38. The zero-order valence-electron chi connectivity index (χ0n) is 10.2. The number of hydrogen-bond acceptors (Lipinski definition) is 5. The Morgan fingerprint density at radius 1 is 1.35 bits per heavy atom. The smallest absolute Gasteiger partial charge is 0.164 e. The van der Waals surface area contributed by atoms with Crippen LogP contribution in [-0.4, -0.2) is 41.7 Å². The summed E-state index contributed by atoms with van der Waals surface area (Å²) >= 11 is 0. The quantitative estimate of drug-likeness (QED) is 0.789. The van der Waals surface area contributed by atoms with E-state index < -0.39 is 11.7 Å². The Labute approximate surface area is 101 Å². The van der Waals surface area contributed by atoms with E-state index in [4.69, 9.17) is 9.47 Å². The molecular weight excluding hydrogens is 220 g/mol. The highest BCUT2D eigenvalue weighted by Crippen LogP contribution is 2.37. The van der Waals surface area contributed by atoms with Crippen LogP contribution in [0.4, 0.5) is 0 Å². The lowest BCUT2D eigenvalue weighted by molar-refractivity contribution is -0.151. The molecule has 2 rings (SSSR count). The van der Waals surface area contributed by atoms with Gasteiger partial charge < -0.3 is 14.6 Å². The van der Waals surface area contributed by atoms with Gasteiger partial charge in [-0.2, -0.15) is 0 Å². The number of methoxy groups -OCH3 is 1. The predicted octanol–water partition coefficient (Wildman–Crippen LogP) is 0.798. The van der Waals surface area contributed by atoms with Crippen LogP contribution in [0.15, 0.2) is 12.4 Å². The summed E-state index contributed by atoms with van der Waals surface area (Å²) in [7, 11) is 1.51. The van der Waals surface area contributed by atoms with Gasteiger partial charge in [0.05, 0.1) is 5.41 Å². The summed E-state index contributed by atoms with van der Waals surface area (Å²) in [6.07, 6.45) is 4.13. The molecule has 2 heterocycles. The molecule has 0 aliphatic carbocycles. The van der Waals surface area contributed by atoms with Crippen LogP contribution in [0.3, 0.4) is 0 Å². The van der Waals surface area contributed by atoms with Crippen LogP contribution in [0.1, 0.15) is 24.2 Å². The first-order chi connectivity index (χ1) is 8.19. The molecule has 1 aromatic heterocycles. The molecule has 1 N–H and O–H groups in total. The average molecular weight is 238 g/mol. The number of rotatable bonds is 3. The van der Waals surface area contributed by atoms with Crippen molar-refractivity contribution in [2.45, 2.75) is 31.5 Å². The van der Waals surface area contributed by atoms with Crippen LogP contribution < -0.4 is 0 Å². The maximum atomic E-state index is 10.1. The molecule has 1 saturated heterocycles. The van der Waals surface area contributed by atoms with Crippen LogP contribution in [-0.2, 0) is 14.9 Å². The molecule has 1 aliphatic heterocycles. The van der Waals surface area contributed by atoms with Gasteiger partial charge in [-0.15, -0.1) is 0 Å². The number of aryl methyl sites for hydroxylation is 1. The topological polar surface area (TPSA) is 64.5 Å². The Morgan fingerprint density at radius 2 is 1.94 bits per heavy atom. The summed E-state index contributed by atoms with van der Waals surface area (Å²) < 4.78 is 10.5. The fourth-order valence-corrected chi connectivity index (χ4v) is 2.29. The number of nitrogens with zero attached hydrogens (tertiary/aromatic N) is 2. The lowest BCUT2D eigenvalue weighted by atomic mass is 9.74. The minimum absolute atomic E-state index is 0.444. The predicted molar refractivity (Wildman–Crippen MR) is 61.5 cm³/mol. The van der Waals surface area contributed by atoms with E-state index in [0.29, 0.717) is 26.1 Å². The Kier molecular flexibility index (Phi) is 3.71. The van der Waals surface area contributed by atoms with E-state index in [1.165, 1.54) is 7.11 Å². The van der Waals surface area contributed by atoms with Crippen molar-refractivity contribution in [3.63, 3.8) is 0 Å². The highest BCUT2D eigenvalue weighted by Gasteiger charge is 2.42. The zero-order chi connectivity index (χ0) is 12.3. The largest absolute Gasteiger partial charge is 0.381 e. The van der Waals surface area contributed by atoms with Crippen LogP contribution >= 0.6 is 0 Å². The van der Waals surface area contributed by atoms with Gasteiger partial charge in [-0.05, 0) is 19.8 Å². The van der Waals surface area contributed by atoms with E-state index in [1.54, 1.807) is 12.4 Å². The monoisotopic (exact) mass is 238 g/mol. The molecule has 0 radical (unpaired) electrons. The van der Waals surface area contributed by atoms with Gasteiger partial charge in [0, 0.05) is 38.3 Å². The van der Waals surface area contributed by atoms with Crippen LogP contribution in [0.2, 0.25) is 0 Å². The van der Waals surface area contributed by atoms with Gasteiger partial charge in [0.15, 0.2) is 6.29 Å². The molecule has 1 fully saturated rings. The SMILES string of the molecule is COC(O)C1(c2cnc(C)nc2)CCOCC1. The Bertz CT molecular complexity index is 361. The lowest BCUT2D eigenvalue weighted by Crippen LogP contribution is -2.45. The van der Waals surface area contributed by atoms with Crippen molar-refractivity contribution in [1.82, 2.24) is 9.97 Å². The fourth-order valence-electron chi connectivity index (χ4n) is 2.29. The molecule has 5 nitrogen and oxygen atoms in total. The zero-order valence-corrected chi connectivity index (χ0v) is 10.2. The van der Waals surface area contributed by atoms with Gasteiger partial charge in [0.25, 0.3) is 0 Å². The van der Waals surface area contributed by atoms with Crippen molar-refractivity contribution in [3.05, 3.63) is 23.8 Å². The summed E-state index contributed by atoms with van der Waals surface area (Å²) in [6, 6.07) is 0. The first-order valence-electron chi connectivity index (χ1n) is 5.77. The molecule has 1 unspecified atom stereocenters. The molecular formula is C12H18N2O3. The van der Waals surface area contributed by atoms with E-state index in [2.05, 4.69) is 9.97 Å². The molecule has 0 spiro atoms. The molecule has 0 bridgehead atoms. The third-order valence-corrected chi connectivity index (χ3v) is 3.44. The minimum atomic E-state index is -0.849. The third-order valence-electron chi connectivity index (χ3n) is 3.44. The van der Waals surface area contributed by atoms with Gasteiger partial charge in [0.1, 0.15) is 5.82 Å². The summed E-state index contributed by atoms with van der Waals surface area (Å²) in [5.74, 6) is 0.725. The van der Waals surface area contributed by atoms with Crippen LogP contribution in [0.25, 0.3) is 0 Å². The molecule has 1 aliphatic rings. The van der Waals surface area contributed by atoms with Gasteiger partial charge in [0.2, 0.25) is 0 Å². The van der Waals surface area contributed by atoms with Crippen LogP contribution in [0.5, 0.6) is 0 Å². The van der Waals surface area contributed by atoms with Crippen LogP contribution in [0, 0.1) is 6.92 Å². The summed E-state index contributed by atoms with van der Waals surface area (Å²) in [4.78, 5) is 8.39. The fraction of sp³-hybridized carbons (Fsp3) is 0.667. The Balaban J connectivity index is 2.35. The molecule has 5 heteroatoms. The summed E-state index contributed by atoms with van der Waals surface area (Å²) in [5, 5.41) is 10.1. The summed E-state index contributed by atoms with van der Waals surface area (Å²) in [6.45, 7) is 3.08. The lowest BCUT2D eigenvalue weighted by Gasteiger charge is -2.39. The van der Waals surface area contributed by atoms with Crippen molar-refractivity contribution in [1.29, 1.82) is 0 Å². The number of hydrogen-bond donors (Lipinski definition) is 1. The van der Waals surface area contributed by atoms with E-state index >= 15 is 0 Å². The van der Waals surface area contributed by atoms with Gasteiger partial charge >= 0.3 is 0 Å². The highest BCUT2D eigenvalue weighted by molar-refractivity contribution is 5.21. The third kappa shape index (κ3) is 2.31. The number of ether oxygens (including phenoxy) is 2. The molecule has 94 valence electrons. The van der Waals surface area contributed by atoms with Crippen molar-refractivity contribution in [2.24, 2.45) is 0 Å². The molecule has 0 aromatic carbocycles. The minimum Gasteiger partial charge on any atom is -0.381 e. The standard InChI is InChI=1S/C12H18N2O3/c1-9-13-7-10(8-14-9)12(11(15)16-2)3-5-17-6-4-12/h7-8,11,15H,3-6H2,1-2H3. The first-order valence-corrected chi connectivity index (χ1v) is 5.77. The molecule has 1 atom stereocenters. The van der Waals surface area contributed by atoms with Gasteiger partial charge in [-0.25, -0.2) is 9.97 Å².